The summed E-state index contributed by atoms with van der Waals surface area (Å²) in [6.07, 6.45) is -4.72. The van der Waals surface area contributed by atoms with E-state index in [1.54, 1.807) is 19.1 Å². The van der Waals surface area contributed by atoms with Gasteiger partial charge < -0.3 is 9.73 Å². The van der Waals surface area contributed by atoms with E-state index in [0.29, 0.717) is 11.5 Å². The van der Waals surface area contributed by atoms with Gasteiger partial charge in [-0.2, -0.15) is 13.2 Å². The molecule has 0 aliphatic rings. The Bertz CT molecular complexity index is 603. The van der Waals surface area contributed by atoms with Crippen LogP contribution in [0.4, 0.5) is 17.6 Å². The van der Waals surface area contributed by atoms with Crippen molar-refractivity contribution in [2.75, 3.05) is 7.05 Å². The highest BCUT2D eigenvalue weighted by Crippen LogP contribution is 2.35. The third-order valence-electron chi connectivity index (χ3n) is 2.98. The van der Waals surface area contributed by atoms with Gasteiger partial charge in [0.15, 0.2) is 0 Å². The highest BCUT2D eigenvalue weighted by Gasteiger charge is 2.36. The first-order valence-electron chi connectivity index (χ1n) is 5.93. The lowest BCUT2D eigenvalue weighted by atomic mass is 10.0. The van der Waals surface area contributed by atoms with Crippen LogP contribution in [-0.4, -0.2) is 7.05 Å². The summed E-state index contributed by atoms with van der Waals surface area (Å²) in [6, 6.07) is 5.72. The Balaban J connectivity index is 2.51. The zero-order valence-electron chi connectivity index (χ0n) is 10.9. The average Bonchev–Trinajstić information content (AvgIpc) is 2.77. The van der Waals surface area contributed by atoms with Crippen LogP contribution in [0.3, 0.4) is 0 Å². The number of nitrogens with one attached hydrogen (secondary N) is 1. The molecule has 1 unspecified atom stereocenters. The van der Waals surface area contributed by atoms with Crippen LogP contribution in [0.2, 0.25) is 0 Å². The van der Waals surface area contributed by atoms with E-state index in [9.17, 15) is 17.6 Å². The molecule has 0 fully saturated rings. The molecule has 1 heterocycles. The smallest absolute Gasteiger partial charge is 0.419 e. The maximum atomic E-state index is 14.1. The molecule has 2 aromatic rings. The Morgan fingerprint density at radius 1 is 1.15 bits per heavy atom. The van der Waals surface area contributed by atoms with E-state index >= 15 is 0 Å². The van der Waals surface area contributed by atoms with Crippen LogP contribution in [0, 0.1) is 12.7 Å². The number of furan rings is 1. The van der Waals surface area contributed by atoms with Gasteiger partial charge in [-0.05, 0) is 32.2 Å². The first-order valence-corrected chi connectivity index (χ1v) is 5.93. The molecule has 1 atom stereocenters. The SMILES string of the molecule is CNC(c1ccc(C)o1)c1cccc(C(F)(F)F)c1F. The van der Waals surface area contributed by atoms with Gasteiger partial charge in [-0.25, -0.2) is 4.39 Å². The molecule has 0 spiro atoms. The number of hydrogen-bond acceptors (Lipinski definition) is 2. The molecule has 0 aliphatic carbocycles. The molecule has 0 bridgehead atoms. The van der Waals surface area contributed by atoms with E-state index in [2.05, 4.69) is 5.32 Å². The first kappa shape index (κ1) is 14.6. The molecule has 0 radical (unpaired) electrons. The molecule has 1 aromatic carbocycles. The third kappa shape index (κ3) is 2.70. The lowest BCUT2D eigenvalue weighted by molar-refractivity contribution is -0.140. The van der Waals surface area contributed by atoms with E-state index in [1.807, 2.05) is 0 Å². The van der Waals surface area contributed by atoms with Gasteiger partial charge in [-0.15, -0.1) is 0 Å². The summed E-state index contributed by atoms with van der Waals surface area (Å²) >= 11 is 0. The second kappa shape index (κ2) is 5.28. The number of hydrogen-bond donors (Lipinski definition) is 1. The minimum absolute atomic E-state index is 0.100. The summed E-state index contributed by atoms with van der Waals surface area (Å²) in [5.74, 6) is -0.315. The van der Waals surface area contributed by atoms with E-state index < -0.39 is 23.6 Å². The van der Waals surface area contributed by atoms with Gasteiger partial charge >= 0.3 is 6.18 Å². The topological polar surface area (TPSA) is 25.2 Å². The van der Waals surface area contributed by atoms with Crippen LogP contribution in [0.1, 0.15) is 28.7 Å². The minimum atomic E-state index is -4.72. The van der Waals surface area contributed by atoms with Crippen molar-refractivity contribution in [2.24, 2.45) is 0 Å². The third-order valence-corrected chi connectivity index (χ3v) is 2.98. The molecule has 1 aromatic heterocycles. The fourth-order valence-corrected chi connectivity index (χ4v) is 2.05. The van der Waals surface area contributed by atoms with Gasteiger partial charge in [0.2, 0.25) is 0 Å². The summed E-state index contributed by atoms with van der Waals surface area (Å²) in [6.45, 7) is 1.71. The zero-order chi connectivity index (χ0) is 14.9. The molecule has 108 valence electrons. The van der Waals surface area contributed by atoms with E-state index in [-0.39, 0.29) is 5.56 Å². The van der Waals surface area contributed by atoms with Crippen molar-refractivity contribution >= 4 is 0 Å². The Morgan fingerprint density at radius 3 is 2.35 bits per heavy atom. The van der Waals surface area contributed by atoms with Crippen molar-refractivity contribution in [2.45, 2.75) is 19.1 Å². The summed E-state index contributed by atoms with van der Waals surface area (Å²) < 4.78 is 57.6. The highest BCUT2D eigenvalue weighted by molar-refractivity contribution is 5.34. The summed E-state index contributed by atoms with van der Waals surface area (Å²) in [4.78, 5) is 0. The van der Waals surface area contributed by atoms with E-state index in [1.165, 1.54) is 19.2 Å². The lowest BCUT2D eigenvalue weighted by Crippen LogP contribution is -2.20. The predicted octanol–water partition coefficient (Wildman–Crippen LogP) is 4.05. The zero-order valence-corrected chi connectivity index (χ0v) is 10.9. The van der Waals surface area contributed by atoms with E-state index in [0.717, 1.165) is 6.07 Å². The average molecular weight is 287 g/mol. The van der Waals surface area contributed by atoms with Crippen LogP contribution >= 0.6 is 0 Å². The largest absolute Gasteiger partial charge is 0.464 e. The number of alkyl halides is 3. The number of rotatable bonds is 3. The normalized spacial score (nSPS) is 13.5. The van der Waals surface area contributed by atoms with Crippen LogP contribution in [0.5, 0.6) is 0 Å². The van der Waals surface area contributed by atoms with E-state index in [4.69, 9.17) is 4.42 Å². The van der Waals surface area contributed by atoms with Gasteiger partial charge in [0.1, 0.15) is 17.3 Å². The fraction of sp³-hybridized carbons (Fsp3) is 0.286. The maximum Gasteiger partial charge on any atom is 0.419 e. The van der Waals surface area contributed by atoms with Gasteiger partial charge in [0, 0.05) is 5.56 Å². The summed E-state index contributed by atoms with van der Waals surface area (Å²) in [7, 11) is 1.53. The van der Waals surface area contributed by atoms with Crippen molar-refractivity contribution in [1.82, 2.24) is 5.32 Å². The molecule has 20 heavy (non-hydrogen) atoms. The Kier molecular flexibility index (Phi) is 3.85. The number of benzene rings is 1. The Morgan fingerprint density at radius 2 is 1.85 bits per heavy atom. The minimum Gasteiger partial charge on any atom is -0.464 e. The summed E-state index contributed by atoms with van der Waals surface area (Å²) in [5, 5.41) is 2.77. The molecule has 0 saturated heterocycles. The number of aryl methyl sites for hydroxylation is 1. The van der Waals surface area contributed by atoms with Gasteiger partial charge in [-0.3, -0.25) is 0 Å². The van der Waals surface area contributed by atoms with Gasteiger partial charge in [0.25, 0.3) is 0 Å². The fourth-order valence-electron chi connectivity index (χ4n) is 2.05. The molecule has 0 amide bonds. The monoisotopic (exact) mass is 287 g/mol. The Labute approximate surface area is 113 Å². The van der Waals surface area contributed by atoms with Crippen molar-refractivity contribution in [3.05, 3.63) is 58.8 Å². The van der Waals surface area contributed by atoms with Crippen molar-refractivity contribution in [3.63, 3.8) is 0 Å². The molecule has 2 nitrogen and oxygen atoms in total. The number of halogens is 4. The summed E-state index contributed by atoms with van der Waals surface area (Å²) in [5.41, 5.74) is -1.38. The second-order valence-electron chi connectivity index (χ2n) is 4.38. The van der Waals surface area contributed by atoms with Crippen LogP contribution in [0.15, 0.2) is 34.7 Å². The molecule has 0 saturated carbocycles. The van der Waals surface area contributed by atoms with Gasteiger partial charge in [0.05, 0.1) is 11.6 Å². The molecular formula is C14H13F4NO. The molecule has 2 rings (SSSR count). The van der Waals surface area contributed by atoms with Crippen LogP contribution < -0.4 is 5.32 Å². The van der Waals surface area contributed by atoms with Crippen molar-refractivity contribution in [1.29, 1.82) is 0 Å². The Hall–Kier alpha value is -1.82. The van der Waals surface area contributed by atoms with Crippen LogP contribution in [-0.2, 0) is 6.18 Å². The second-order valence-corrected chi connectivity index (χ2v) is 4.38. The lowest BCUT2D eigenvalue weighted by Gasteiger charge is -2.17. The molecule has 0 aliphatic heterocycles. The first-order chi connectivity index (χ1) is 9.34. The highest BCUT2D eigenvalue weighted by atomic mass is 19.4. The standard InChI is InChI=1S/C14H13F4NO/c1-8-6-7-11(20-8)13(19-2)9-4-3-5-10(12(9)15)14(16,17)18/h3-7,13,19H,1-2H3. The van der Waals surface area contributed by atoms with Crippen molar-refractivity contribution < 1.29 is 22.0 Å². The molecule has 1 N–H and O–H groups in total. The van der Waals surface area contributed by atoms with Crippen LogP contribution in [0.25, 0.3) is 0 Å². The maximum absolute atomic E-state index is 14.1. The predicted molar refractivity (Wildman–Crippen MR) is 65.7 cm³/mol. The molecule has 6 heteroatoms. The van der Waals surface area contributed by atoms with Gasteiger partial charge in [-0.1, -0.05) is 12.1 Å². The molecular weight excluding hydrogens is 274 g/mol. The van der Waals surface area contributed by atoms with Crippen molar-refractivity contribution in [3.8, 4) is 0 Å². The quantitative estimate of drug-likeness (QED) is 0.861.